The third-order valence-electron chi connectivity index (χ3n) is 3.38. The van der Waals surface area contributed by atoms with E-state index in [0.29, 0.717) is 11.1 Å². The number of nitriles is 1. The van der Waals surface area contributed by atoms with Gasteiger partial charge in [0.1, 0.15) is 0 Å². The molecular weight excluding hydrogens is 276 g/mol. The standard InChI is InChI=1S/C17H12N4O/c1-21(17(22)13-4-2-3-12(9-13)11-18)14-5-6-15-16(10-14)20-8-7-19-15/h2-10H,1H3. The molecule has 5 heteroatoms. The van der Waals surface area contributed by atoms with E-state index in [1.807, 2.05) is 24.3 Å². The molecule has 106 valence electrons. The molecule has 0 atom stereocenters. The van der Waals surface area contributed by atoms with Crippen molar-refractivity contribution in [3.8, 4) is 6.07 Å². The summed E-state index contributed by atoms with van der Waals surface area (Å²) < 4.78 is 0. The second kappa shape index (κ2) is 5.62. The van der Waals surface area contributed by atoms with Gasteiger partial charge < -0.3 is 4.90 Å². The lowest BCUT2D eigenvalue weighted by Gasteiger charge is -2.17. The third-order valence-corrected chi connectivity index (χ3v) is 3.38. The summed E-state index contributed by atoms with van der Waals surface area (Å²) in [4.78, 5) is 22.5. The maximum atomic E-state index is 12.5. The monoisotopic (exact) mass is 288 g/mol. The summed E-state index contributed by atoms with van der Waals surface area (Å²) in [6.45, 7) is 0. The molecule has 3 aromatic rings. The van der Waals surface area contributed by atoms with E-state index in [2.05, 4.69) is 9.97 Å². The van der Waals surface area contributed by atoms with E-state index in [0.717, 1.165) is 16.7 Å². The minimum atomic E-state index is -0.180. The molecule has 5 nitrogen and oxygen atoms in total. The van der Waals surface area contributed by atoms with Gasteiger partial charge in [-0.05, 0) is 36.4 Å². The van der Waals surface area contributed by atoms with E-state index in [4.69, 9.17) is 5.26 Å². The molecule has 0 saturated carbocycles. The Labute approximate surface area is 127 Å². The number of hydrogen-bond donors (Lipinski definition) is 0. The van der Waals surface area contributed by atoms with E-state index >= 15 is 0 Å². The van der Waals surface area contributed by atoms with E-state index < -0.39 is 0 Å². The Morgan fingerprint density at radius 1 is 1.09 bits per heavy atom. The molecule has 0 fully saturated rings. The van der Waals surface area contributed by atoms with Crippen LogP contribution in [-0.4, -0.2) is 22.9 Å². The summed E-state index contributed by atoms with van der Waals surface area (Å²) in [6.07, 6.45) is 3.24. The molecule has 0 radical (unpaired) electrons. The lowest BCUT2D eigenvalue weighted by atomic mass is 10.1. The van der Waals surface area contributed by atoms with Crippen molar-refractivity contribution in [1.29, 1.82) is 5.26 Å². The predicted octanol–water partition coefficient (Wildman–Crippen LogP) is 2.78. The van der Waals surface area contributed by atoms with Crippen LogP contribution < -0.4 is 4.90 Å². The number of anilines is 1. The average Bonchev–Trinajstić information content (AvgIpc) is 2.60. The van der Waals surface area contributed by atoms with Crippen molar-refractivity contribution in [2.75, 3.05) is 11.9 Å². The first-order valence-corrected chi connectivity index (χ1v) is 6.68. The van der Waals surface area contributed by atoms with Gasteiger partial charge in [-0.25, -0.2) is 0 Å². The van der Waals surface area contributed by atoms with Gasteiger partial charge in [-0.2, -0.15) is 5.26 Å². The Morgan fingerprint density at radius 2 is 1.86 bits per heavy atom. The topological polar surface area (TPSA) is 69.9 Å². The molecule has 0 aliphatic carbocycles. The maximum Gasteiger partial charge on any atom is 0.258 e. The fourth-order valence-corrected chi connectivity index (χ4v) is 2.19. The molecular formula is C17H12N4O. The Balaban J connectivity index is 1.95. The largest absolute Gasteiger partial charge is 0.311 e. The van der Waals surface area contributed by atoms with Crippen LogP contribution in [0.4, 0.5) is 5.69 Å². The van der Waals surface area contributed by atoms with Crippen LogP contribution in [0.2, 0.25) is 0 Å². The number of hydrogen-bond acceptors (Lipinski definition) is 4. The van der Waals surface area contributed by atoms with Gasteiger partial charge in [-0.15, -0.1) is 0 Å². The number of rotatable bonds is 2. The lowest BCUT2D eigenvalue weighted by Crippen LogP contribution is -2.26. The van der Waals surface area contributed by atoms with Crippen molar-refractivity contribution in [1.82, 2.24) is 9.97 Å². The molecule has 2 aromatic carbocycles. The molecule has 22 heavy (non-hydrogen) atoms. The smallest absolute Gasteiger partial charge is 0.258 e. The summed E-state index contributed by atoms with van der Waals surface area (Å²) >= 11 is 0. The van der Waals surface area contributed by atoms with Crippen molar-refractivity contribution >= 4 is 22.6 Å². The van der Waals surface area contributed by atoms with Crippen molar-refractivity contribution in [2.24, 2.45) is 0 Å². The van der Waals surface area contributed by atoms with Crippen LogP contribution in [0.1, 0.15) is 15.9 Å². The van der Waals surface area contributed by atoms with Crippen LogP contribution in [0, 0.1) is 11.3 Å². The summed E-state index contributed by atoms with van der Waals surface area (Å²) in [5, 5.41) is 8.93. The summed E-state index contributed by atoms with van der Waals surface area (Å²) in [5.74, 6) is -0.180. The number of carbonyl (C=O) groups is 1. The highest BCUT2D eigenvalue weighted by atomic mass is 16.2. The molecule has 1 heterocycles. The van der Waals surface area contributed by atoms with E-state index in [-0.39, 0.29) is 5.91 Å². The second-order valence-corrected chi connectivity index (χ2v) is 4.79. The number of fused-ring (bicyclic) bond motifs is 1. The van der Waals surface area contributed by atoms with Crippen LogP contribution in [0.25, 0.3) is 11.0 Å². The normalized spacial score (nSPS) is 10.2. The Hall–Kier alpha value is -3.26. The van der Waals surface area contributed by atoms with Crippen molar-refractivity contribution < 1.29 is 4.79 Å². The Morgan fingerprint density at radius 3 is 2.64 bits per heavy atom. The molecule has 3 rings (SSSR count). The van der Waals surface area contributed by atoms with Gasteiger partial charge in [0.15, 0.2) is 0 Å². The highest BCUT2D eigenvalue weighted by Gasteiger charge is 2.14. The molecule has 0 aliphatic heterocycles. The van der Waals surface area contributed by atoms with Gasteiger partial charge in [-0.3, -0.25) is 14.8 Å². The lowest BCUT2D eigenvalue weighted by molar-refractivity contribution is 0.0993. The highest BCUT2D eigenvalue weighted by Crippen LogP contribution is 2.20. The van der Waals surface area contributed by atoms with Crippen LogP contribution in [0.3, 0.4) is 0 Å². The molecule has 0 saturated heterocycles. The fourth-order valence-electron chi connectivity index (χ4n) is 2.19. The predicted molar refractivity (Wildman–Crippen MR) is 83.4 cm³/mol. The number of nitrogens with zero attached hydrogens (tertiary/aromatic N) is 4. The van der Waals surface area contributed by atoms with Crippen molar-refractivity contribution in [3.05, 3.63) is 66.0 Å². The Kier molecular flexibility index (Phi) is 3.50. The van der Waals surface area contributed by atoms with Gasteiger partial charge in [0.25, 0.3) is 5.91 Å². The molecule has 0 spiro atoms. The SMILES string of the molecule is CN(C(=O)c1cccc(C#N)c1)c1ccc2nccnc2c1. The fraction of sp³-hybridized carbons (Fsp3) is 0.0588. The summed E-state index contributed by atoms with van der Waals surface area (Å²) in [7, 11) is 1.69. The number of aromatic nitrogens is 2. The molecule has 0 N–H and O–H groups in total. The van der Waals surface area contributed by atoms with Crippen LogP contribution in [0.5, 0.6) is 0 Å². The van der Waals surface area contributed by atoms with E-state index in [1.54, 1.807) is 43.7 Å². The van der Waals surface area contributed by atoms with Gasteiger partial charge in [0, 0.05) is 30.7 Å². The van der Waals surface area contributed by atoms with Gasteiger partial charge in [0.2, 0.25) is 0 Å². The maximum absolute atomic E-state index is 12.5. The summed E-state index contributed by atoms with van der Waals surface area (Å²) in [6, 6.07) is 14.1. The summed E-state index contributed by atoms with van der Waals surface area (Å²) in [5.41, 5.74) is 3.16. The number of amides is 1. The van der Waals surface area contributed by atoms with Crippen LogP contribution >= 0.6 is 0 Å². The highest BCUT2D eigenvalue weighted by molar-refractivity contribution is 6.06. The zero-order chi connectivity index (χ0) is 15.5. The first kappa shape index (κ1) is 13.7. The first-order chi connectivity index (χ1) is 10.7. The van der Waals surface area contributed by atoms with Crippen LogP contribution in [0.15, 0.2) is 54.9 Å². The van der Waals surface area contributed by atoms with Crippen molar-refractivity contribution in [3.63, 3.8) is 0 Å². The van der Waals surface area contributed by atoms with Crippen molar-refractivity contribution in [2.45, 2.75) is 0 Å². The van der Waals surface area contributed by atoms with E-state index in [9.17, 15) is 4.79 Å². The van der Waals surface area contributed by atoms with Gasteiger partial charge >= 0.3 is 0 Å². The quantitative estimate of drug-likeness (QED) is 0.727. The minimum Gasteiger partial charge on any atom is -0.311 e. The second-order valence-electron chi connectivity index (χ2n) is 4.79. The van der Waals surface area contributed by atoms with Gasteiger partial charge in [-0.1, -0.05) is 6.07 Å². The molecule has 1 amide bonds. The van der Waals surface area contributed by atoms with E-state index in [1.165, 1.54) is 4.90 Å². The molecule has 0 bridgehead atoms. The average molecular weight is 288 g/mol. The minimum absolute atomic E-state index is 0.180. The molecule has 0 unspecified atom stereocenters. The first-order valence-electron chi connectivity index (χ1n) is 6.68. The number of carbonyl (C=O) groups excluding carboxylic acids is 1. The van der Waals surface area contributed by atoms with Gasteiger partial charge in [0.05, 0.1) is 22.7 Å². The molecule has 0 aliphatic rings. The zero-order valence-corrected chi connectivity index (χ0v) is 11.9. The van der Waals surface area contributed by atoms with Crippen LogP contribution in [-0.2, 0) is 0 Å². The Bertz CT molecular complexity index is 898. The number of benzene rings is 2. The third kappa shape index (κ3) is 2.50. The molecule has 1 aromatic heterocycles. The zero-order valence-electron chi connectivity index (χ0n) is 11.9.